The lowest BCUT2D eigenvalue weighted by molar-refractivity contribution is -0.141. The molecule has 9 heteroatoms. The number of carbonyl (C=O) groups is 1. The molecule has 0 aliphatic carbocycles. The van der Waals surface area contributed by atoms with Crippen LogP contribution in [0.3, 0.4) is 0 Å². The maximum absolute atomic E-state index is 12.4. The Morgan fingerprint density at radius 2 is 2.00 bits per heavy atom. The van der Waals surface area contributed by atoms with E-state index >= 15 is 0 Å². The number of rotatable bonds is 6. The van der Waals surface area contributed by atoms with Crippen LogP contribution in [0, 0.1) is 0 Å². The number of benzene rings is 1. The van der Waals surface area contributed by atoms with Crippen molar-refractivity contribution in [1.29, 1.82) is 0 Å². The standard InChI is InChI=1S/C14H13ClF3N3O2/c15-10-3-1-9(2-4-10)8-23-6-5-19-13(22)11-7-12(21-20-11)14(16,17)18/h1-4,7H,5-6,8H2,(H,19,22)(H,20,21). The van der Waals surface area contributed by atoms with Crippen molar-refractivity contribution in [3.05, 3.63) is 52.3 Å². The van der Waals surface area contributed by atoms with E-state index in [0.717, 1.165) is 5.56 Å². The van der Waals surface area contributed by atoms with E-state index in [1.807, 2.05) is 12.1 Å². The van der Waals surface area contributed by atoms with Gasteiger partial charge in [0.1, 0.15) is 5.69 Å². The molecule has 0 radical (unpaired) electrons. The molecule has 0 fully saturated rings. The van der Waals surface area contributed by atoms with Crippen LogP contribution < -0.4 is 5.32 Å². The largest absolute Gasteiger partial charge is 0.432 e. The Balaban J connectivity index is 1.70. The number of amides is 1. The van der Waals surface area contributed by atoms with Gasteiger partial charge in [0.15, 0.2) is 5.69 Å². The third kappa shape index (κ3) is 5.26. The molecule has 0 spiro atoms. The first-order chi connectivity index (χ1) is 10.9. The van der Waals surface area contributed by atoms with E-state index in [-0.39, 0.29) is 18.8 Å². The number of nitrogens with zero attached hydrogens (tertiary/aromatic N) is 1. The van der Waals surface area contributed by atoms with Gasteiger partial charge in [-0.1, -0.05) is 23.7 Å². The minimum absolute atomic E-state index is 0.153. The molecule has 1 aromatic heterocycles. The molecule has 2 aromatic rings. The number of alkyl halides is 3. The van der Waals surface area contributed by atoms with Crippen LogP contribution in [0.1, 0.15) is 21.7 Å². The Labute approximate surface area is 134 Å². The second-order valence-corrected chi connectivity index (χ2v) is 5.04. The summed E-state index contributed by atoms with van der Waals surface area (Å²) in [6, 6.07) is 7.74. The first kappa shape index (κ1) is 17.3. The highest BCUT2D eigenvalue weighted by atomic mass is 35.5. The summed E-state index contributed by atoms with van der Waals surface area (Å²) in [7, 11) is 0. The molecule has 2 N–H and O–H groups in total. The molecular weight excluding hydrogens is 335 g/mol. The van der Waals surface area contributed by atoms with E-state index in [4.69, 9.17) is 16.3 Å². The van der Waals surface area contributed by atoms with Gasteiger partial charge in [-0.05, 0) is 17.7 Å². The molecule has 2 rings (SSSR count). The Bertz CT molecular complexity index is 656. The SMILES string of the molecule is O=C(NCCOCc1ccc(Cl)cc1)c1cc(C(F)(F)F)[nH]n1. The van der Waals surface area contributed by atoms with E-state index in [9.17, 15) is 18.0 Å². The molecule has 0 unspecified atom stereocenters. The van der Waals surface area contributed by atoms with E-state index in [0.29, 0.717) is 17.7 Å². The molecule has 23 heavy (non-hydrogen) atoms. The van der Waals surface area contributed by atoms with Gasteiger partial charge in [-0.2, -0.15) is 18.3 Å². The molecule has 0 saturated heterocycles. The van der Waals surface area contributed by atoms with Crippen LogP contribution in [0.4, 0.5) is 13.2 Å². The predicted molar refractivity (Wildman–Crippen MR) is 77.0 cm³/mol. The van der Waals surface area contributed by atoms with E-state index in [2.05, 4.69) is 10.4 Å². The second kappa shape index (κ2) is 7.47. The quantitative estimate of drug-likeness (QED) is 0.789. The Hall–Kier alpha value is -2.06. The summed E-state index contributed by atoms with van der Waals surface area (Å²) in [5.41, 5.74) is -0.473. The van der Waals surface area contributed by atoms with E-state index in [1.165, 1.54) is 0 Å². The number of nitrogens with one attached hydrogen (secondary N) is 2. The minimum Gasteiger partial charge on any atom is -0.375 e. The number of halogens is 4. The summed E-state index contributed by atoms with van der Waals surface area (Å²) in [6.07, 6.45) is -4.56. The van der Waals surface area contributed by atoms with Crippen LogP contribution >= 0.6 is 11.6 Å². The normalized spacial score (nSPS) is 11.5. The monoisotopic (exact) mass is 347 g/mol. The summed E-state index contributed by atoms with van der Waals surface area (Å²) >= 11 is 5.75. The first-order valence-corrected chi connectivity index (χ1v) is 6.97. The lowest BCUT2D eigenvalue weighted by Crippen LogP contribution is -2.27. The summed E-state index contributed by atoms with van der Waals surface area (Å²) in [5.74, 6) is -0.702. The van der Waals surface area contributed by atoms with Crippen molar-refractivity contribution in [3.63, 3.8) is 0 Å². The van der Waals surface area contributed by atoms with Crippen molar-refractivity contribution < 1.29 is 22.7 Å². The van der Waals surface area contributed by atoms with Crippen LogP contribution in [0.2, 0.25) is 5.02 Å². The van der Waals surface area contributed by atoms with Gasteiger partial charge in [-0.15, -0.1) is 0 Å². The van der Waals surface area contributed by atoms with Crippen molar-refractivity contribution in [2.24, 2.45) is 0 Å². The number of aromatic amines is 1. The number of hydrogen-bond donors (Lipinski definition) is 2. The summed E-state index contributed by atoms with van der Waals surface area (Å²) in [5, 5.41) is 8.15. The molecule has 1 aromatic carbocycles. The van der Waals surface area contributed by atoms with Gasteiger partial charge < -0.3 is 10.1 Å². The van der Waals surface area contributed by atoms with Crippen molar-refractivity contribution in [2.45, 2.75) is 12.8 Å². The highest BCUT2D eigenvalue weighted by molar-refractivity contribution is 6.30. The number of carbonyl (C=O) groups excluding carboxylic acids is 1. The fourth-order valence-corrected chi connectivity index (χ4v) is 1.81. The molecule has 1 heterocycles. The highest BCUT2D eigenvalue weighted by Crippen LogP contribution is 2.27. The summed E-state index contributed by atoms with van der Waals surface area (Å²) in [6.45, 7) is 0.708. The Morgan fingerprint density at radius 3 is 2.61 bits per heavy atom. The molecule has 0 atom stereocenters. The highest BCUT2D eigenvalue weighted by Gasteiger charge is 2.33. The third-order valence-electron chi connectivity index (χ3n) is 2.83. The van der Waals surface area contributed by atoms with Crippen LogP contribution in [-0.4, -0.2) is 29.3 Å². The predicted octanol–water partition coefficient (Wildman–Crippen LogP) is 3.03. The van der Waals surface area contributed by atoms with Crippen molar-refractivity contribution in [3.8, 4) is 0 Å². The van der Waals surface area contributed by atoms with Crippen LogP contribution in [0.15, 0.2) is 30.3 Å². The maximum atomic E-state index is 12.4. The Kier molecular flexibility index (Phi) is 5.62. The average Bonchev–Trinajstić information content (AvgIpc) is 2.99. The second-order valence-electron chi connectivity index (χ2n) is 4.60. The summed E-state index contributed by atoms with van der Waals surface area (Å²) < 4.78 is 42.5. The zero-order chi connectivity index (χ0) is 16.9. The van der Waals surface area contributed by atoms with Gasteiger partial charge in [0.05, 0.1) is 13.2 Å². The molecule has 0 saturated carbocycles. The smallest absolute Gasteiger partial charge is 0.375 e. The van der Waals surface area contributed by atoms with Gasteiger partial charge in [-0.3, -0.25) is 9.89 Å². The summed E-state index contributed by atoms with van der Waals surface area (Å²) in [4.78, 5) is 11.6. The molecule has 0 aliphatic rings. The molecule has 124 valence electrons. The van der Waals surface area contributed by atoms with Crippen molar-refractivity contribution >= 4 is 17.5 Å². The van der Waals surface area contributed by atoms with Gasteiger partial charge in [0.25, 0.3) is 5.91 Å². The number of H-pyrrole nitrogens is 1. The lowest BCUT2D eigenvalue weighted by atomic mass is 10.2. The van der Waals surface area contributed by atoms with Crippen molar-refractivity contribution in [1.82, 2.24) is 15.5 Å². The molecule has 5 nitrogen and oxygen atoms in total. The van der Waals surface area contributed by atoms with Crippen molar-refractivity contribution in [2.75, 3.05) is 13.2 Å². The molecular formula is C14H13ClF3N3O2. The van der Waals surface area contributed by atoms with Gasteiger partial charge in [0, 0.05) is 17.6 Å². The zero-order valence-electron chi connectivity index (χ0n) is 11.8. The van der Waals surface area contributed by atoms with Gasteiger partial charge in [0.2, 0.25) is 0 Å². The molecule has 0 aliphatic heterocycles. The van der Waals surface area contributed by atoms with E-state index in [1.54, 1.807) is 17.2 Å². The van der Waals surface area contributed by atoms with Crippen LogP contribution in [0.5, 0.6) is 0 Å². The average molecular weight is 348 g/mol. The third-order valence-corrected chi connectivity index (χ3v) is 3.08. The maximum Gasteiger partial charge on any atom is 0.432 e. The Morgan fingerprint density at radius 1 is 1.30 bits per heavy atom. The minimum atomic E-state index is -4.56. The van der Waals surface area contributed by atoms with Crippen LogP contribution in [-0.2, 0) is 17.5 Å². The fourth-order valence-electron chi connectivity index (χ4n) is 1.68. The van der Waals surface area contributed by atoms with E-state index < -0.39 is 17.8 Å². The topological polar surface area (TPSA) is 67.0 Å². The molecule has 0 bridgehead atoms. The van der Waals surface area contributed by atoms with Gasteiger partial charge in [-0.25, -0.2) is 0 Å². The lowest BCUT2D eigenvalue weighted by Gasteiger charge is -2.05. The van der Waals surface area contributed by atoms with Gasteiger partial charge >= 0.3 is 6.18 Å². The number of hydrogen-bond acceptors (Lipinski definition) is 3. The zero-order valence-corrected chi connectivity index (χ0v) is 12.5. The van der Waals surface area contributed by atoms with Crippen LogP contribution in [0.25, 0.3) is 0 Å². The first-order valence-electron chi connectivity index (χ1n) is 6.59. The molecule has 1 amide bonds. The fraction of sp³-hybridized carbons (Fsp3) is 0.286. The number of aromatic nitrogens is 2. The number of ether oxygens (including phenoxy) is 1.